The third-order valence-electron chi connectivity index (χ3n) is 3.53. The normalized spacial score (nSPS) is 11.0. The van der Waals surface area contributed by atoms with Crippen LogP contribution in [0.4, 0.5) is 5.69 Å². The van der Waals surface area contributed by atoms with E-state index in [1.165, 1.54) is 12.1 Å². The first-order chi connectivity index (χ1) is 11.7. The average Bonchev–Trinajstić information content (AvgIpc) is 2.98. The maximum atomic E-state index is 10.8. The van der Waals surface area contributed by atoms with Crippen LogP contribution in [0.1, 0.15) is 22.8 Å². The Morgan fingerprint density at radius 3 is 2.79 bits per heavy atom. The van der Waals surface area contributed by atoms with Gasteiger partial charge in [0.1, 0.15) is 5.75 Å². The molecule has 0 bridgehead atoms. The Morgan fingerprint density at radius 1 is 1.29 bits per heavy atom. The first kappa shape index (κ1) is 15.6. The molecule has 3 aromatic rings. The minimum absolute atomic E-state index is 0.242. The monoisotopic (exact) mass is 323 g/mol. The van der Waals surface area contributed by atoms with Crippen LogP contribution in [-0.2, 0) is 0 Å². The van der Waals surface area contributed by atoms with Crippen molar-refractivity contribution in [1.82, 2.24) is 4.98 Å². The molecule has 0 aliphatic carbocycles. The van der Waals surface area contributed by atoms with Crippen LogP contribution >= 0.6 is 0 Å². The molecule has 24 heavy (non-hydrogen) atoms. The van der Waals surface area contributed by atoms with Crippen LogP contribution in [0.3, 0.4) is 0 Å². The van der Waals surface area contributed by atoms with E-state index in [-0.39, 0.29) is 5.56 Å². The molecule has 3 N–H and O–H groups in total. The molecule has 122 valence electrons. The Hall–Kier alpha value is -3.28. The van der Waals surface area contributed by atoms with Crippen molar-refractivity contribution >= 4 is 28.8 Å². The number of hydrazone groups is 1. The van der Waals surface area contributed by atoms with Gasteiger partial charge < -0.3 is 14.8 Å². The van der Waals surface area contributed by atoms with Gasteiger partial charge in [-0.3, -0.25) is 5.43 Å². The van der Waals surface area contributed by atoms with Crippen molar-refractivity contribution in [2.45, 2.75) is 6.92 Å². The van der Waals surface area contributed by atoms with Crippen LogP contribution in [-0.4, -0.2) is 28.9 Å². The molecule has 1 aromatic heterocycles. The lowest BCUT2D eigenvalue weighted by atomic mass is 10.2. The second-order valence-electron chi connectivity index (χ2n) is 5.14. The molecule has 0 unspecified atom stereocenters. The molecule has 0 radical (unpaired) electrons. The summed E-state index contributed by atoms with van der Waals surface area (Å²) in [4.78, 5) is 14.0. The zero-order valence-corrected chi connectivity index (χ0v) is 13.1. The predicted octanol–water partition coefficient (Wildman–Crippen LogP) is 3.71. The van der Waals surface area contributed by atoms with Gasteiger partial charge in [-0.25, -0.2) is 4.79 Å². The van der Waals surface area contributed by atoms with Crippen molar-refractivity contribution in [1.29, 1.82) is 0 Å². The van der Waals surface area contributed by atoms with Crippen LogP contribution < -0.4 is 10.2 Å². The number of carbonyl (C=O) groups is 1. The van der Waals surface area contributed by atoms with Gasteiger partial charge in [0.05, 0.1) is 24.1 Å². The number of hydrogen-bond acceptors (Lipinski definition) is 4. The fourth-order valence-corrected chi connectivity index (χ4v) is 2.35. The van der Waals surface area contributed by atoms with Crippen LogP contribution in [0.2, 0.25) is 0 Å². The molecule has 2 aromatic carbocycles. The molecule has 3 rings (SSSR count). The molecule has 0 spiro atoms. The quantitative estimate of drug-likeness (QED) is 0.477. The smallest absolute Gasteiger partial charge is 0.335 e. The number of carboxylic acids is 1. The third-order valence-corrected chi connectivity index (χ3v) is 3.53. The lowest BCUT2D eigenvalue weighted by Crippen LogP contribution is -1.96. The number of aromatic nitrogens is 1. The van der Waals surface area contributed by atoms with Crippen LogP contribution in [0, 0.1) is 0 Å². The lowest BCUT2D eigenvalue weighted by molar-refractivity contribution is 0.0697. The van der Waals surface area contributed by atoms with Gasteiger partial charge in [-0.1, -0.05) is 0 Å². The van der Waals surface area contributed by atoms with E-state index >= 15 is 0 Å². The summed E-state index contributed by atoms with van der Waals surface area (Å²) in [5.74, 6) is -0.123. The largest absolute Gasteiger partial charge is 0.494 e. The fraction of sp³-hybridized carbons (Fsp3) is 0.111. The summed E-state index contributed by atoms with van der Waals surface area (Å²) in [6.07, 6.45) is 3.59. The highest BCUT2D eigenvalue weighted by Gasteiger charge is 2.04. The number of nitrogens with one attached hydrogen (secondary N) is 2. The van der Waals surface area contributed by atoms with Crippen LogP contribution in [0.25, 0.3) is 10.9 Å². The second-order valence-corrected chi connectivity index (χ2v) is 5.14. The summed E-state index contributed by atoms with van der Waals surface area (Å²) >= 11 is 0. The average molecular weight is 323 g/mol. The number of fused-ring (bicyclic) bond motifs is 1. The lowest BCUT2D eigenvalue weighted by Gasteiger charge is -2.02. The molecule has 0 fully saturated rings. The maximum Gasteiger partial charge on any atom is 0.335 e. The molecule has 6 heteroatoms. The van der Waals surface area contributed by atoms with E-state index in [1.807, 2.05) is 31.3 Å². The molecule has 6 nitrogen and oxygen atoms in total. The van der Waals surface area contributed by atoms with Gasteiger partial charge >= 0.3 is 5.97 Å². The highest BCUT2D eigenvalue weighted by Crippen LogP contribution is 2.22. The zero-order valence-electron chi connectivity index (χ0n) is 13.1. The number of H-pyrrole nitrogens is 1. The van der Waals surface area contributed by atoms with Crippen molar-refractivity contribution in [3.8, 4) is 5.75 Å². The molecule has 1 heterocycles. The van der Waals surface area contributed by atoms with Gasteiger partial charge in [-0.05, 0) is 43.3 Å². The van der Waals surface area contributed by atoms with E-state index in [1.54, 1.807) is 18.3 Å². The topological polar surface area (TPSA) is 86.7 Å². The van der Waals surface area contributed by atoms with Crippen LogP contribution in [0.15, 0.2) is 53.8 Å². The number of aromatic carboxylic acids is 1. The molecule has 0 saturated carbocycles. The van der Waals surface area contributed by atoms with Crippen molar-refractivity contribution in [3.05, 3.63) is 59.8 Å². The minimum atomic E-state index is -0.949. The number of benzene rings is 2. The standard InChI is InChI=1S/C18H17N3O3/c1-2-24-15-7-8-16-13(10-19-17(16)9-15)11-20-21-14-5-3-12(4-6-14)18(22)23/h3-11,19,21H,2H2,1H3,(H,22,23)/b20-11-. The Bertz CT molecular complexity index is 882. The molecule has 0 atom stereocenters. The molecule has 0 aliphatic heterocycles. The summed E-state index contributed by atoms with van der Waals surface area (Å²) in [7, 11) is 0. The van der Waals surface area contributed by atoms with Gasteiger partial charge in [0.25, 0.3) is 0 Å². The summed E-state index contributed by atoms with van der Waals surface area (Å²) in [6, 6.07) is 12.3. The molecular weight excluding hydrogens is 306 g/mol. The van der Waals surface area contributed by atoms with E-state index in [0.29, 0.717) is 6.61 Å². The first-order valence-electron chi connectivity index (χ1n) is 7.53. The summed E-state index contributed by atoms with van der Waals surface area (Å²) < 4.78 is 5.48. The van der Waals surface area contributed by atoms with Gasteiger partial charge in [0, 0.05) is 28.7 Å². The van der Waals surface area contributed by atoms with Gasteiger partial charge in [-0.2, -0.15) is 5.10 Å². The van der Waals surface area contributed by atoms with E-state index < -0.39 is 5.97 Å². The first-order valence-corrected chi connectivity index (χ1v) is 7.53. The van der Waals surface area contributed by atoms with Gasteiger partial charge in [0.15, 0.2) is 0 Å². The van der Waals surface area contributed by atoms with Gasteiger partial charge in [-0.15, -0.1) is 0 Å². The van der Waals surface area contributed by atoms with E-state index in [9.17, 15) is 4.79 Å². The zero-order chi connectivity index (χ0) is 16.9. The van der Waals surface area contributed by atoms with E-state index in [2.05, 4.69) is 15.5 Å². The van der Waals surface area contributed by atoms with Crippen LogP contribution in [0.5, 0.6) is 5.75 Å². The maximum absolute atomic E-state index is 10.8. The summed E-state index contributed by atoms with van der Waals surface area (Å²) in [6.45, 7) is 2.58. The van der Waals surface area contributed by atoms with E-state index in [0.717, 1.165) is 27.9 Å². The highest BCUT2D eigenvalue weighted by molar-refractivity contribution is 5.99. The predicted molar refractivity (Wildman–Crippen MR) is 94.1 cm³/mol. The Kier molecular flexibility index (Phi) is 4.47. The second kappa shape index (κ2) is 6.87. The molecule has 0 aliphatic rings. The van der Waals surface area contributed by atoms with Crippen molar-refractivity contribution in [2.24, 2.45) is 5.10 Å². The van der Waals surface area contributed by atoms with Crippen molar-refractivity contribution in [2.75, 3.05) is 12.0 Å². The Balaban J connectivity index is 1.72. The molecule has 0 amide bonds. The fourth-order valence-electron chi connectivity index (χ4n) is 2.35. The number of ether oxygens (including phenoxy) is 1. The van der Waals surface area contributed by atoms with E-state index in [4.69, 9.17) is 9.84 Å². The summed E-state index contributed by atoms with van der Waals surface area (Å²) in [5.41, 5.74) is 5.77. The Labute approximate surface area is 138 Å². The number of hydrogen-bond donors (Lipinski definition) is 3. The Morgan fingerprint density at radius 2 is 2.08 bits per heavy atom. The number of anilines is 1. The number of aromatic amines is 1. The SMILES string of the molecule is CCOc1ccc2c(/C=N\Nc3ccc(C(=O)O)cc3)c[nH]c2c1. The molecule has 0 saturated heterocycles. The number of carboxylic acid groups (broad SMARTS) is 1. The summed E-state index contributed by atoms with van der Waals surface area (Å²) in [5, 5.41) is 14.1. The number of nitrogens with zero attached hydrogens (tertiary/aromatic N) is 1. The van der Waals surface area contributed by atoms with Crippen molar-refractivity contribution < 1.29 is 14.6 Å². The third kappa shape index (κ3) is 3.38. The van der Waals surface area contributed by atoms with Crippen molar-refractivity contribution in [3.63, 3.8) is 0 Å². The minimum Gasteiger partial charge on any atom is -0.494 e. The number of rotatable bonds is 6. The molecular formula is C18H17N3O3. The highest BCUT2D eigenvalue weighted by atomic mass is 16.5. The van der Waals surface area contributed by atoms with Gasteiger partial charge in [0.2, 0.25) is 0 Å².